The molecule has 0 spiro atoms. The van der Waals surface area contributed by atoms with Crippen molar-refractivity contribution in [2.24, 2.45) is 0 Å². The van der Waals surface area contributed by atoms with Gasteiger partial charge < -0.3 is 4.74 Å². The molecule has 1 aliphatic rings. The Labute approximate surface area is 128 Å². The van der Waals surface area contributed by atoms with E-state index in [4.69, 9.17) is 4.74 Å². The van der Waals surface area contributed by atoms with Crippen molar-refractivity contribution in [2.75, 3.05) is 13.7 Å². The van der Waals surface area contributed by atoms with Crippen LogP contribution in [0.4, 0.5) is 4.79 Å². The SMILES string of the molecule is CCN1C(=O)NC(=O)/C(=C/C=C/c2ccccc2OC)C1=O. The summed E-state index contributed by atoms with van der Waals surface area (Å²) in [4.78, 5) is 36.3. The van der Waals surface area contributed by atoms with Crippen LogP contribution in [0.25, 0.3) is 6.08 Å². The third kappa shape index (κ3) is 3.06. The molecule has 1 heterocycles. The van der Waals surface area contributed by atoms with Crippen LogP contribution in [-0.2, 0) is 9.59 Å². The minimum atomic E-state index is -0.691. The Bertz CT molecular complexity index is 676. The Morgan fingerprint density at radius 1 is 1.23 bits per heavy atom. The highest BCUT2D eigenvalue weighted by molar-refractivity contribution is 6.28. The van der Waals surface area contributed by atoms with Gasteiger partial charge in [-0.1, -0.05) is 30.4 Å². The van der Waals surface area contributed by atoms with E-state index in [-0.39, 0.29) is 12.1 Å². The second-order valence-electron chi connectivity index (χ2n) is 4.49. The number of imide groups is 2. The van der Waals surface area contributed by atoms with Gasteiger partial charge in [-0.2, -0.15) is 0 Å². The summed E-state index contributed by atoms with van der Waals surface area (Å²) >= 11 is 0. The topological polar surface area (TPSA) is 75.7 Å². The van der Waals surface area contributed by atoms with Gasteiger partial charge >= 0.3 is 6.03 Å². The number of ether oxygens (including phenoxy) is 1. The fourth-order valence-electron chi connectivity index (χ4n) is 2.05. The minimum absolute atomic E-state index is 0.0763. The molecule has 2 rings (SSSR count). The number of likely N-dealkylation sites (N-methyl/N-ethyl adjacent to an activating group) is 1. The first-order chi connectivity index (χ1) is 10.6. The number of amides is 4. The lowest BCUT2D eigenvalue weighted by atomic mass is 10.1. The number of nitrogens with one attached hydrogen (secondary N) is 1. The van der Waals surface area contributed by atoms with E-state index in [9.17, 15) is 14.4 Å². The maximum Gasteiger partial charge on any atom is 0.331 e. The van der Waals surface area contributed by atoms with Crippen molar-refractivity contribution in [3.05, 3.63) is 47.6 Å². The molecule has 0 aliphatic carbocycles. The molecule has 0 atom stereocenters. The molecule has 0 aromatic heterocycles. The van der Waals surface area contributed by atoms with E-state index in [2.05, 4.69) is 5.32 Å². The van der Waals surface area contributed by atoms with Gasteiger partial charge in [-0.25, -0.2) is 4.79 Å². The molecule has 114 valence electrons. The van der Waals surface area contributed by atoms with Crippen molar-refractivity contribution >= 4 is 23.9 Å². The van der Waals surface area contributed by atoms with Gasteiger partial charge in [-0.15, -0.1) is 0 Å². The van der Waals surface area contributed by atoms with Crippen LogP contribution in [0.3, 0.4) is 0 Å². The van der Waals surface area contributed by atoms with Crippen LogP contribution in [0.15, 0.2) is 42.0 Å². The minimum Gasteiger partial charge on any atom is -0.496 e. The van der Waals surface area contributed by atoms with Crippen LogP contribution < -0.4 is 10.1 Å². The second-order valence-corrected chi connectivity index (χ2v) is 4.49. The molecule has 1 aromatic carbocycles. The number of nitrogens with zero attached hydrogens (tertiary/aromatic N) is 1. The highest BCUT2D eigenvalue weighted by Crippen LogP contribution is 2.19. The lowest BCUT2D eigenvalue weighted by Crippen LogP contribution is -2.53. The maximum atomic E-state index is 12.1. The number of para-hydroxylation sites is 1. The molecular formula is C16H16N2O4. The van der Waals surface area contributed by atoms with Crippen molar-refractivity contribution in [1.29, 1.82) is 0 Å². The summed E-state index contributed by atoms with van der Waals surface area (Å²) in [5.74, 6) is -0.604. The van der Waals surface area contributed by atoms with Crippen molar-refractivity contribution in [1.82, 2.24) is 10.2 Å². The molecule has 1 aliphatic heterocycles. The van der Waals surface area contributed by atoms with Gasteiger partial charge in [-0.05, 0) is 19.1 Å². The molecular weight excluding hydrogens is 284 g/mol. The van der Waals surface area contributed by atoms with Crippen LogP contribution >= 0.6 is 0 Å². The molecule has 22 heavy (non-hydrogen) atoms. The van der Waals surface area contributed by atoms with E-state index in [1.165, 1.54) is 6.08 Å². The molecule has 0 saturated carbocycles. The fourth-order valence-corrected chi connectivity index (χ4v) is 2.05. The van der Waals surface area contributed by atoms with Crippen LogP contribution in [0.1, 0.15) is 12.5 Å². The predicted molar refractivity (Wildman–Crippen MR) is 81.0 cm³/mol. The smallest absolute Gasteiger partial charge is 0.331 e. The Kier molecular flexibility index (Phi) is 4.73. The van der Waals surface area contributed by atoms with E-state index in [1.54, 1.807) is 26.2 Å². The quantitative estimate of drug-likeness (QED) is 0.679. The Morgan fingerprint density at radius 3 is 2.64 bits per heavy atom. The van der Waals surface area contributed by atoms with Gasteiger partial charge in [-0.3, -0.25) is 19.8 Å². The first-order valence-corrected chi connectivity index (χ1v) is 6.77. The number of carbonyl (C=O) groups is 3. The largest absolute Gasteiger partial charge is 0.496 e. The number of benzene rings is 1. The summed E-state index contributed by atoms with van der Waals surface area (Å²) in [6.45, 7) is 1.86. The van der Waals surface area contributed by atoms with Gasteiger partial charge in [0.15, 0.2) is 0 Å². The van der Waals surface area contributed by atoms with Crippen LogP contribution in [-0.4, -0.2) is 36.4 Å². The molecule has 0 radical (unpaired) electrons. The van der Waals surface area contributed by atoms with Crippen LogP contribution in [0.2, 0.25) is 0 Å². The van der Waals surface area contributed by atoms with Gasteiger partial charge in [0.2, 0.25) is 0 Å². The van der Waals surface area contributed by atoms with Crippen molar-refractivity contribution in [3.63, 3.8) is 0 Å². The Morgan fingerprint density at radius 2 is 1.95 bits per heavy atom. The number of methoxy groups -OCH3 is 1. The number of rotatable bonds is 4. The summed E-state index contributed by atoms with van der Waals surface area (Å²) in [5.41, 5.74) is 0.738. The Hall–Kier alpha value is -2.89. The van der Waals surface area contributed by atoms with Gasteiger partial charge in [0, 0.05) is 12.1 Å². The van der Waals surface area contributed by atoms with E-state index >= 15 is 0 Å². The predicted octanol–water partition coefficient (Wildman–Crippen LogP) is 1.73. The third-order valence-corrected chi connectivity index (χ3v) is 3.18. The van der Waals surface area contributed by atoms with Crippen molar-refractivity contribution < 1.29 is 19.1 Å². The van der Waals surface area contributed by atoms with E-state index < -0.39 is 17.8 Å². The average molecular weight is 300 g/mol. The zero-order chi connectivity index (χ0) is 16.1. The van der Waals surface area contributed by atoms with Crippen molar-refractivity contribution in [2.45, 2.75) is 6.92 Å². The first kappa shape index (κ1) is 15.5. The fraction of sp³-hybridized carbons (Fsp3) is 0.188. The number of carbonyl (C=O) groups excluding carboxylic acids is 3. The van der Waals surface area contributed by atoms with E-state index in [0.717, 1.165) is 10.5 Å². The van der Waals surface area contributed by atoms with E-state index in [1.807, 2.05) is 24.3 Å². The monoisotopic (exact) mass is 300 g/mol. The molecule has 1 saturated heterocycles. The zero-order valence-corrected chi connectivity index (χ0v) is 12.3. The second kappa shape index (κ2) is 6.71. The molecule has 0 bridgehead atoms. The molecule has 0 unspecified atom stereocenters. The molecule has 1 N–H and O–H groups in total. The molecule has 4 amide bonds. The number of hydrogen-bond acceptors (Lipinski definition) is 4. The molecule has 6 heteroatoms. The Balaban J connectivity index is 2.25. The average Bonchev–Trinajstić information content (AvgIpc) is 2.51. The highest BCUT2D eigenvalue weighted by Gasteiger charge is 2.34. The zero-order valence-electron chi connectivity index (χ0n) is 12.3. The number of allylic oxidation sites excluding steroid dienone is 2. The molecule has 1 aromatic rings. The lowest BCUT2D eigenvalue weighted by Gasteiger charge is -2.24. The summed E-state index contributed by atoms with van der Waals surface area (Å²) in [7, 11) is 1.56. The summed E-state index contributed by atoms with van der Waals surface area (Å²) in [6.07, 6.45) is 4.69. The first-order valence-electron chi connectivity index (χ1n) is 6.77. The summed E-state index contributed by atoms with van der Waals surface area (Å²) in [6, 6.07) is 6.66. The molecule has 1 fully saturated rings. The molecule has 6 nitrogen and oxygen atoms in total. The highest BCUT2D eigenvalue weighted by atomic mass is 16.5. The van der Waals surface area contributed by atoms with E-state index in [0.29, 0.717) is 5.75 Å². The maximum absolute atomic E-state index is 12.1. The number of urea groups is 1. The summed E-state index contributed by atoms with van der Waals surface area (Å²) < 4.78 is 5.21. The van der Waals surface area contributed by atoms with Crippen molar-refractivity contribution in [3.8, 4) is 5.75 Å². The lowest BCUT2D eigenvalue weighted by molar-refractivity contribution is -0.130. The van der Waals surface area contributed by atoms with Gasteiger partial charge in [0.1, 0.15) is 11.3 Å². The van der Waals surface area contributed by atoms with Gasteiger partial charge in [0.25, 0.3) is 11.8 Å². The van der Waals surface area contributed by atoms with Crippen LogP contribution in [0, 0.1) is 0 Å². The third-order valence-electron chi connectivity index (χ3n) is 3.18. The van der Waals surface area contributed by atoms with Crippen LogP contribution in [0.5, 0.6) is 5.75 Å². The standard InChI is InChI=1S/C16H16N2O4/c1-3-18-15(20)12(14(19)17-16(18)21)9-6-8-11-7-4-5-10-13(11)22-2/h4-10H,3H2,1-2H3,(H,17,19,21)/b8-6+,12-9-. The summed E-state index contributed by atoms with van der Waals surface area (Å²) in [5, 5.41) is 2.13. The van der Waals surface area contributed by atoms with Gasteiger partial charge in [0.05, 0.1) is 7.11 Å². The normalized spacial score (nSPS) is 17.3. The number of barbiturate groups is 1. The number of hydrogen-bond donors (Lipinski definition) is 1.